The topological polar surface area (TPSA) is 76.7 Å². The van der Waals surface area contributed by atoms with Crippen LogP contribution in [0.2, 0.25) is 0 Å². The highest BCUT2D eigenvalue weighted by Crippen LogP contribution is 2.25. The summed E-state index contributed by atoms with van der Waals surface area (Å²) < 4.78 is 33.5. The number of ether oxygens (including phenoxy) is 1. The number of aromatic hydroxyl groups is 1. The van der Waals surface area contributed by atoms with E-state index in [1.807, 2.05) is 0 Å². The van der Waals surface area contributed by atoms with E-state index in [1.54, 1.807) is 0 Å². The summed E-state index contributed by atoms with van der Waals surface area (Å²) in [6, 6.07) is 6.41. The van der Waals surface area contributed by atoms with E-state index in [9.17, 15) is 23.5 Å². The van der Waals surface area contributed by atoms with Gasteiger partial charge in [-0.25, -0.2) is 4.79 Å². The third kappa shape index (κ3) is 3.63. The molecule has 0 radical (unpaired) electrons. The van der Waals surface area contributed by atoms with Crippen LogP contribution in [0, 0.1) is 6.92 Å². The standard InChI is InChI=1S/C16H12F2O5/c1-8-6-12(19)13(15(21)22-8)14(20)9(2)10-4-3-5-11(7-10)23-16(17)18/h3-7,16,19H,2H2,1H3. The fourth-order valence-corrected chi connectivity index (χ4v) is 1.95. The number of carbonyl (C=O) groups is 1. The predicted octanol–water partition coefficient (Wildman–Crippen LogP) is 3.15. The summed E-state index contributed by atoms with van der Waals surface area (Å²) in [5.41, 5.74) is -1.57. The molecule has 1 aromatic carbocycles. The normalized spacial score (nSPS) is 10.6. The van der Waals surface area contributed by atoms with Gasteiger partial charge in [-0.1, -0.05) is 18.7 Å². The van der Waals surface area contributed by atoms with Gasteiger partial charge in [-0.2, -0.15) is 8.78 Å². The highest BCUT2D eigenvalue weighted by Gasteiger charge is 2.22. The summed E-state index contributed by atoms with van der Waals surface area (Å²) in [7, 11) is 0. The highest BCUT2D eigenvalue weighted by molar-refractivity contribution is 6.29. The maximum absolute atomic E-state index is 12.3. The first-order valence-electron chi connectivity index (χ1n) is 6.42. The van der Waals surface area contributed by atoms with Crippen LogP contribution in [0.4, 0.5) is 8.78 Å². The van der Waals surface area contributed by atoms with Crippen molar-refractivity contribution in [3.05, 3.63) is 64.2 Å². The minimum atomic E-state index is -3.01. The van der Waals surface area contributed by atoms with Gasteiger partial charge in [-0.05, 0) is 24.6 Å². The number of rotatable bonds is 5. The van der Waals surface area contributed by atoms with E-state index in [0.717, 1.165) is 6.07 Å². The number of allylic oxidation sites excluding steroid dienone is 1. The Balaban J connectivity index is 2.38. The number of Topliss-reactive ketones (excluding diaryl/α,β-unsaturated/α-hetero) is 1. The lowest BCUT2D eigenvalue weighted by Crippen LogP contribution is -2.15. The van der Waals surface area contributed by atoms with E-state index in [1.165, 1.54) is 31.2 Å². The van der Waals surface area contributed by atoms with Gasteiger partial charge in [0.25, 0.3) is 0 Å². The molecule has 5 nitrogen and oxygen atoms in total. The Morgan fingerprint density at radius 1 is 1.35 bits per heavy atom. The van der Waals surface area contributed by atoms with E-state index >= 15 is 0 Å². The Bertz CT molecular complexity index is 823. The van der Waals surface area contributed by atoms with Crippen LogP contribution >= 0.6 is 0 Å². The smallest absolute Gasteiger partial charge is 0.387 e. The molecule has 0 saturated carbocycles. The molecule has 1 aromatic heterocycles. The van der Waals surface area contributed by atoms with Crippen molar-refractivity contribution in [2.24, 2.45) is 0 Å². The van der Waals surface area contributed by atoms with Crippen molar-refractivity contribution >= 4 is 11.4 Å². The van der Waals surface area contributed by atoms with Gasteiger partial charge in [0, 0.05) is 11.6 Å². The average Bonchev–Trinajstić information content (AvgIpc) is 2.44. The Morgan fingerprint density at radius 2 is 2.04 bits per heavy atom. The fourth-order valence-electron chi connectivity index (χ4n) is 1.95. The van der Waals surface area contributed by atoms with E-state index in [4.69, 9.17) is 4.42 Å². The van der Waals surface area contributed by atoms with Crippen LogP contribution in [-0.4, -0.2) is 17.5 Å². The molecule has 0 aliphatic heterocycles. The second kappa shape index (κ2) is 6.43. The van der Waals surface area contributed by atoms with E-state index in [0.29, 0.717) is 0 Å². The largest absolute Gasteiger partial charge is 0.507 e. The number of carbonyl (C=O) groups excluding carboxylic acids is 1. The zero-order valence-electron chi connectivity index (χ0n) is 12.0. The molecule has 0 aliphatic rings. The average molecular weight is 322 g/mol. The number of benzene rings is 1. The molecule has 0 spiro atoms. The number of aryl methyl sites for hydroxylation is 1. The minimum Gasteiger partial charge on any atom is -0.507 e. The number of hydrogen-bond donors (Lipinski definition) is 1. The van der Waals surface area contributed by atoms with Crippen molar-refractivity contribution in [3.63, 3.8) is 0 Å². The molecule has 0 atom stereocenters. The fraction of sp³-hybridized carbons (Fsp3) is 0.125. The first kappa shape index (κ1) is 16.4. The van der Waals surface area contributed by atoms with Crippen LogP contribution in [0.5, 0.6) is 11.5 Å². The van der Waals surface area contributed by atoms with Gasteiger partial charge in [-0.15, -0.1) is 0 Å². The molecule has 0 amide bonds. The van der Waals surface area contributed by atoms with Gasteiger partial charge in [0.2, 0.25) is 5.78 Å². The van der Waals surface area contributed by atoms with Crippen LogP contribution in [0.15, 0.2) is 46.1 Å². The molecule has 0 unspecified atom stereocenters. The van der Waals surface area contributed by atoms with E-state index < -0.39 is 29.3 Å². The molecule has 2 rings (SSSR count). The third-order valence-corrected chi connectivity index (χ3v) is 2.96. The molecule has 0 aliphatic carbocycles. The molecule has 1 heterocycles. The molecule has 7 heteroatoms. The number of halogens is 2. The molecule has 1 N–H and O–H groups in total. The van der Waals surface area contributed by atoms with Crippen molar-refractivity contribution in [3.8, 4) is 11.5 Å². The summed E-state index contributed by atoms with van der Waals surface area (Å²) in [5, 5.41) is 9.77. The molecule has 120 valence electrons. The van der Waals surface area contributed by atoms with Crippen molar-refractivity contribution in [2.75, 3.05) is 0 Å². The van der Waals surface area contributed by atoms with Gasteiger partial charge in [-0.3, -0.25) is 4.79 Å². The van der Waals surface area contributed by atoms with E-state index in [2.05, 4.69) is 11.3 Å². The van der Waals surface area contributed by atoms with Crippen LogP contribution in [0.25, 0.3) is 5.57 Å². The predicted molar refractivity (Wildman–Crippen MR) is 77.8 cm³/mol. The Labute approximate surface area is 129 Å². The van der Waals surface area contributed by atoms with Crippen molar-refractivity contribution in [1.29, 1.82) is 0 Å². The van der Waals surface area contributed by atoms with Crippen molar-refractivity contribution in [2.45, 2.75) is 13.5 Å². The number of ketones is 1. The SMILES string of the molecule is C=C(C(=O)c1c(O)cc(C)oc1=O)c1cccc(OC(F)F)c1. The molecule has 0 saturated heterocycles. The molecular formula is C16H12F2O5. The van der Waals surface area contributed by atoms with Crippen LogP contribution in [0.1, 0.15) is 21.7 Å². The summed E-state index contributed by atoms with van der Waals surface area (Å²) >= 11 is 0. The Morgan fingerprint density at radius 3 is 2.65 bits per heavy atom. The highest BCUT2D eigenvalue weighted by atomic mass is 19.3. The quantitative estimate of drug-likeness (QED) is 0.676. The molecular weight excluding hydrogens is 310 g/mol. The summed E-state index contributed by atoms with van der Waals surface area (Å²) in [5.74, 6) is -1.43. The molecule has 2 aromatic rings. The summed E-state index contributed by atoms with van der Waals surface area (Å²) in [4.78, 5) is 24.1. The first-order chi connectivity index (χ1) is 10.8. The molecule has 0 fully saturated rings. The molecule has 23 heavy (non-hydrogen) atoms. The van der Waals surface area contributed by atoms with Gasteiger partial charge >= 0.3 is 12.2 Å². The van der Waals surface area contributed by atoms with Crippen LogP contribution < -0.4 is 10.4 Å². The monoisotopic (exact) mass is 322 g/mol. The number of hydrogen-bond acceptors (Lipinski definition) is 5. The lowest BCUT2D eigenvalue weighted by Gasteiger charge is -2.09. The van der Waals surface area contributed by atoms with Crippen LogP contribution in [0.3, 0.4) is 0 Å². The summed E-state index contributed by atoms with van der Waals surface area (Å²) in [6.07, 6.45) is 0. The number of alkyl halides is 2. The Hall–Kier alpha value is -2.96. The van der Waals surface area contributed by atoms with Gasteiger partial charge in [0.15, 0.2) is 0 Å². The van der Waals surface area contributed by atoms with Gasteiger partial charge in [0.1, 0.15) is 22.8 Å². The first-order valence-corrected chi connectivity index (χ1v) is 6.42. The maximum Gasteiger partial charge on any atom is 0.387 e. The van der Waals surface area contributed by atoms with Crippen molar-refractivity contribution < 1.29 is 27.8 Å². The summed E-state index contributed by atoms with van der Waals surface area (Å²) in [6.45, 7) is 1.97. The van der Waals surface area contributed by atoms with E-state index in [-0.39, 0.29) is 22.6 Å². The van der Waals surface area contributed by atoms with Gasteiger partial charge in [0.05, 0.1) is 0 Å². The van der Waals surface area contributed by atoms with Gasteiger partial charge < -0.3 is 14.3 Å². The third-order valence-electron chi connectivity index (χ3n) is 2.96. The minimum absolute atomic E-state index is 0.141. The lowest BCUT2D eigenvalue weighted by molar-refractivity contribution is -0.0498. The maximum atomic E-state index is 12.3. The zero-order chi connectivity index (χ0) is 17.1. The lowest BCUT2D eigenvalue weighted by atomic mass is 9.98. The van der Waals surface area contributed by atoms with Crippen molar-refractivity contribution in [1.82, 2.24) is 0 Å². The second-order valence-corrected chi connectivity index (χ2v) is 4.62. The zero-order valence-corrected chi connectivity index (χ0v) is 12.0. The van der Waals surface area contributed by atoms with Crippen LogP contribution in [-0.2, 0) is 0 Å². The Kier molecular flexibility index (Phi) is 4.59. The second-order valence-electron chi connectivity index (χ2n) is 4.62. The molecule has 0 bridgehead atoms.